The zero-order valence-corrected chi connectivity index (χ0v) is 13.9. The number of fused-ring (bicyclic) bond motifs is 1. The van der Waals surface area contributed by atoms with Crippen LogP contribution in [0.15, 0.2) is 42.5 Å². The van der Waals surface area contributed by atoms with Gasteiger partial charge in [-0.25, -0.2) is 0 Å². The normalized spacial score (nSPS) is 10.9. The van der Waals surface area contributed by atoms with E-state index in [1.807, 2.05) is 37.3 Å². The molecule has 0 atom stereocenters. The highest BCUT2D eigenvalue weighted by Crippen LogP contribution is 2.22. The summed E-state index contributed by atoms with van der Waals surface area (Å²) in [6, 6.07) is 14.1. The molecule has 118 valence electrons. The molecule has 0 aliphatic carbocycles. The lowest BCUT2D eigenvalue weighted by Crippen LogP contribution is -2.25. The smallest absolute Gasteiger partial charge is 0.251 e. The van der Waals surface area contributed by atoms with Crippen LogP contribution in [0, 0.1) is 20.8 Å². The third-order valence-electron chi connectivity index (χ3n) is 4.46. The molecule has 0 aliphatic rings. The number of hydrogen-bond acceptors (Lipinski definition) is 1. The quantitative estimate of drug-likeness (QED) is 0.750. The van der Waals surface area contributed by atoms with Gasteiger partial charge in [0.15, 0.2) is 0 Å². The Morgan fingerprint density at radius 2 is 1.83 bits per heavy atom. The van der Waals surface area contributed by atoms with E-state index in [0.717, 1.165) is 23.1 Å². The van der Waals surface area contributed by atoms with Gasteiger partial charge in [-0.2, -0.15) is 0 Å². The standard InChI is InChI=1S/C20H22N2O/c1-13-8-9-16(12-14(13)2)20(23)21-11-10-17-15(3)22-19-7-5-4-6-18(17)19/h4-9,12,22H,10-11H2,1-3H3,(H,21,23). The largest absolute Gasteiger partial charge is 0.358 e. The Morgan fingerprint density at radius 1 is 1.04 bits per heavy atom. The fourth-order valence-corrected chi connectivity index (χ4v) is 2.94. The predicted octanol–water partition coefficient (Wildman–Crippen LogP) is 4.07. The molecule has 0 saturated heterocycles. The van der Waals surface area contributed by atoms with Crippen LogP contribution in [0.2, 0.25) is 0 Å². The van der Waals surface area contributed by atoms with Gasteiger partial charge in [0.25, 0.3) is 5.91 Å². The first-order chi connectivity index (χ1) is 11.1. The van der Waals surface area contributed by atoms with Crippen molar-refractivity contribution in [3.05, 3.63) is 70.4 Å². The van der Waals surface area contributed by atoms with Crippen molar-refractivity contribution in [1.82, 2.24) is 10.3 Å². The van der Waals surface area contributed by atoms with Gasteiger partial charge in [-0.3, -0.25) is 4.79 Å². The van der Waals surface area contributed by atoms with Crippen molar-refractivity contribution < 1.29 is 4.79 Å². The second kappa shape index (κ2) is 6.29. The molecule has 2 aromatic carbocycles. The zero-order chi connectivity index (χ0) is 16.4. The van der Waals surface area contributed by atoms with Crippen molar-refractivity contribution in [2.24, 2.45) is 0 Å². The van der Waals surface area contributed by atoms with Crippen molar-refractivity contribution in [1.29, 1.82) is 0 Å². The number of rotatable bonds is 4. The molecule has 3 heteroatoms. The molecule has 0 fully saturated rings. The molecule has 1 aromatic heterocycles. The summed E-state index contributed by atoms with van der Waals surface area (Å²) in [6.45, 7) is 6.80. The highest BCUT2D eigenvalue weighted by molar-refractivity contribution is 5.94. The molecule has 2 N–H and O–H groups in total. The van der Waals surface area contributed by atoms with Crippen molar-refractivity contribution >= 4 is 16.8 Å². The van der Waals surface area contributed by atoms with Crippen LogP contribution in [-0.2, 0) is 6.42 Å². The summed E-state index contributed by atoms with van der Waals surface area (Å²) in [5.41, 5.74) is 6.68. The molecule has 0 spiro atoms. The molecular formula is C20H22N2O. The van der Waals surface area contributed by atoms with Crippen LogP contribution in [0.5, 0.6) is 0 Å². The number of amides is 1. The number of benzene rings is 2. The van der Waals surface area contributed by atoms with Gasteiger partial charge in [0.05, 0.1) is 0 Å². The summed E-state index contributed by atoms with van der Waals surface area (Å²) in [6.07, 6.45) is 0.826. The maximum Gasteiger partial charge on any atom is 0.251 e. The molecule has 1 amide bonds. The van der Waals surface area contributed by atoms with Crippen LogP contribution in [0.4, 0.5) is 0 Å². The Bertz CT molecular complexity index is 861. The van der Waals surface area contributed by atoms with E-state index in [1.54, 1.807) is 0 Å². The van der Waals surface area contributed by atoms with Crippen molar-refractivity contribution in [2.45, 2.75) is 27.2 Å². The van der Waals surface area contributed by atoms with Gasteiger partial charge in [-0.15, -0.1) is 0 Å². The molecule has 3 nitrogen and oxygen atoms in total. The van der Waals surface area contributed by atoms with E-state index in [2.05, 4.69) is 36.3 Å². The molecule has 3 rings (SSSR count). The average Bonchev–Trinajstić information content (AvgIpc) is 2.86. The van der Waals surface area contributed by atoms with Crippen LogP contribution < -0.4 is 5.32 Å². The predicted molar refractivity (Wildman–Crippen MR) is 95.0 cm³/mol. The van der Waals surface area contributed by atoms with E-state index in [1.165, 1.54) is 22.2 Å². The lowest BCUT2D eigenvalue weighted by molar-refractivity contribution is 0.0954. The number of aryl methyl sites for hydroxylation is 3. The summed E-state index contributed by atoms with van der Waals surface area (Å²) in [4.78, 5) is 15.7. The van der Waals surface area contributed by atoms with Gasteiger partial charge in [0.2, 0.25) is 0 Å². The van der Waals surface area contributed by atoms with Crippen LogP contribution in [0.3, 0.4) is 0 Å². The second-order valence-corrected chi connectivity index (χ2v) is 6.08. The summed E-state index contributed by atoms with van der Waals surface area (Å²) in [5.74, 6) is -0.00871. The number of nitrogens with one attached hydrogen (secondary N) is 2. The van der Waals surface area contributed by atoms with Crippen molar-refractivity contribution in [2.75, 3.05) is 6.54 Å². The van der Waals surface area contributed by atoms with Gasteiger partial charge in [0.1, 0.15) is 0 Å². The summed E-state index contributed by atoms with van der Waals surface area (Å²) in [5, 5.41) is 4.26. The Morgan fingerprint density at radius 3 is 2.61 bits per heavy atom. The number of aromatic amines is 1. The molecular weight excluding hydrogens is 284 g/mol. The Labute approximate surface area is 136 Å². The number of aromatic nitrogens is 1. The van der Waals surface area contributed by atoms with E-state index < -0.39 is 0 Å². The minimum atomic E-state index is -0.00871. The third kappa shape index (κ3) is 3.14. The summed E-state index contributed by atoms with van der Waals surface area (Å²) >= 11 is 0. The summed E-state index contributed by atoms with van der Waals surface area (Å²) in [7, 11) is 0. The second-order valence-electron chi connectivity index (χ2n) is 6.08. The fraction of sp³-hybridized carbons (Fsp3) is 0.250. The summed E-state index contributed by atoms with van der Waals surface area (Å²) < 4.78 is 0. The number of hydrogen-bond donors (Lipinski definition) is 2. The molecule has 0 radical (unpaired) electrons. The number of H-pyrrole nitrogens is 1. The Hall–Kier alpha value is -2.55. The van der Waals surface area contributed by atoms with Crippen LogP contribution in [-0.4, -0.2) is 17.4 Å². The molecule has 1 heterocycles. The van der Waals surface area contributed by atoms with Crippen LogP contribution >= 0.6 is 0 Å². The maximum absolute atomic E-state index is 12.3. The van der Waals surface area contributed by atoms with Gasteiger partial charge in [0, 0.05) is 28.7 Å². The minimum absolute atomic E-state index is 0.00871. The van der Waals surface area contributed by atoms with E-state index >= 15 is 0 Å². The first-order valence-electron chi connectivity index (χ1n) is 7.98. The molecule has 0 unspecified atom stereocenters. The Balaban J connectivity index is 1.67. The zero-order valence-electron chi connectivity index (χ0n) is 13.9. The highest BCUT2D eigenvalue weighted by Gasteiger charge is 2.09. The lowest BCUT2D eigenvalue weighted by Gasteiger charge is -2.07. The first kappa shape index (κ1) is 15.3. The van der Waals surface area contributed by atoms with E-state index in [0.29, 0.717) is 6.54 Å². The fourth-order valence-electron chi connectivity index (χ4n) is 2.94. The number of para-hydroxylation sites is 1. The van der Waals surface area contributed by atoms with E-state index in [4.69, 9.17) is 0 Å². The van der Waals surface area contributed by atoms with Gasteiger partial charge in [-0.1, -0.05) is 24.3 Å². The van der Waals surface area contributed by atoms with Crippen molar-refractivity contribution in [3.63, 3.8) is 0 Å². The van der Waals surface area contributed by atoms with Gasteiger partial charge in [-0.05, 0) is 62.1 Å². The number of carbonyl (C=O) groups is 1. The van der Waals surface area contributed by atoms with E-state index in [-0.39, 0.29) is 5.91 Å². The molecule has 0 saturated carbocycles. The van der Waals surface area contributed by atoms with Crippen LogP contribution in [0.1, 0.15) is 32.7 Å². The topological polar surface area (TPSA) is 44.9 Å². The molecule has 0 bridgehead atoms. The monoisotopic (exact) mass is 306 g/mol. The minimum Gasteiger partial charge on any atom is -0.358 e. The van der Waals surface area contributed by atoms with E-state index in [9.17, 15) is 4.79 Å². The first-order valence-corrected chi connectivity index (χ1v) is 7.98. The van der Waals surface area contributed by atoms with Crippen molar-refractivity contribution in [3.8, 4) is 0 Å². The van der Waals surface area contributed by atoms with Gasteiger partial charge >= 0.3 is 0 Å². The highest BCUT2D eigenvalue weighted by atomic mass is 16.1. The maximum atomic E-state index is 12.3. The lowest BCUT2D eigenvalue weighted by atomic mass is 10.1. The molecule has 0 aliphatic heterocycles. The number of carbonyl (C=O) groups excluding carboxylic acids is 1. The third-order valence-corrected chi connectivity index (χ3v) is 4.46. The Kier molecular flexibility index (Phi) is 4.20. The average molecular weight is 306 g/mol. The van der Waals surface area contributed by atoms with Gasteiger partial charge < -0.3 is 10.3 Å². The molecule has 23 heavy (non-hydrogen) atoms. The van der Waals surface area contributed by atoms with Crippen LogP contribution in [0.25, 0.3) is 10.9 Å². The molecule has 3 aromatic rings. The SMILES string of the molecule is Cc1ccc(C(=O)NCCc2c(C)[nH]c3ccccc23)cc1C.